The van der Waals surface area contributed by atoms with E-state index >= 15 is 0 Å². The molecule has 0 heterocycles. The number of aryl methyl sites for hydroxylation is 2. The Balaban J connectivity index is 3.28. The van der Waals surface area contributed by atoms with Gasteiger partial charge in [0.05, 0.1) is 5.92 Å². The molecule has 3 N–H and O–H groups in total. The van der Waals surface area contributed by atoms with Gasteiger partial charge >= 0.3 is 5.97 Å². The molecule has 1 atom stereocenters. The highest BCUT2D eigenvalue weighted by molar-refractivity contribution is 5.77. The molecule has 0 aliphatic carbocycles. The van der Waals surface area contributed by atoms with E-state index in [-0.39, 0.29) is 6.54 Å². The van der Waals surface area contributed by atoms with Gasteiger partial charge in [0.1, 0.15) is 0 Å². The normalized spacial score (nSPS) is 12.5. The van der Waals surface area contributed by atoms with E-state index in [0.29, 0.717) is 0 Å². The summed E-state index contributed by atoms with van der Waals surface area (Å²) >= 11 is 0. The van der Waals surface area contributed by atoms with Crippen LogP contribution in [0, 0.1) is 20.8 Å². The molecule has 0 aromatic heterocycles. The van der Waals surface area contributed by atoms with Gasteiger partial charge in [-0.1, -0.05) is 17.7 Å². The second-order valence-electron chi connectivity index (χ2n) is 3.92. The fourth-order valence-electron chi connectivity index (χ4n) is 1.80. The van der Waals surface area contributed by atoms with Gasteiger partial charge in [-0.2, -0.15) is 0 Å². The zero-order valence-corrected chi connectivity index (χ0v) is 9.37. The molecule has 0 spiro atoms. The molecule has 0 bridgehead atoms. The summed E-state index contributed by atoms with van der Waals surface area (Å²) in [7, 11) is 0. The number of aliphatic carboxylic acids is 1. The third-order valence-electron chi connectivity index (χ3n) is 2.76. The van der Waals surface area contributed by atoms with Gasteiger partial charge in [-0.05, 0) is 37.5 Å². The molecule has 1 aromatic carbocycles. The largest absolute Gasteiger partial charge is 0.481 e. The van der Waals surface area contributed by atoms with Crippen LogP contribution in [0.2, 0.25) is 0 Å². The maximum atomic E-state index is 11.0. The molecule has 0 aliphatic heterocycles. The number of hydrogen-bond donors (Lipinski definition) is 2. The summed E-state index contributed by atoms with van der Waals surface area (Å²) in [6, 6.07) is 3.96. The zero-order valence-electron chi connectivity index (χ0n) is 9.37. The molecular weight excluding hydrogens is 190 g/mol. The minimum absolute atomic E-state index is 0.138. The molecule has 0 fully saturated rings. The first kappa shape index (κ1) is 11.7. The first-order valence-corrected chi connectivity index (χ1v) is 4.98. The fraction of sp³-hybridized carbons (Fsp3) is 0.417. The van der Waals surface area contributed by atoms with E-state index in [2.05, 4.69) is 0 Å². The van der Waals surface area contributed by atoms with Crippen molar-refractivity contribution >= 4 is 5.97 Å². The quantitative estimate of drug-likeness (QED) is 0.793. The summed E-state index contributed by atoms with van der Waals surface area (Å²) in [5.41, 5.74) is 9.55. The van der Waals surface area contributed by atoms with E-state index in [1.807, 2.05) is 32.9 Å². The van der Waals surface area contributed by atoms with E-state index in [0.717, 1.165) is 22.3 Å². The van der Waals surface area contributed by atoms with Crippen LogP contribution in [-0.4, -0.2) is 17.6 Å². The standard InChI is InChI=1S/C12H17NO2/c1-7-4-8(2)9(3)10(5-7)11(6-13)12(14)15/h4-5,11H,6,13H2,1-3H3,(H,14,15). The molecule has 0 amide bonds. The van der Waals surface area contributed by atoms with E-state index in [1.165, 1.54) is 0 Å². The van der Waals surface area contributed by atoms with Crippen molar-refractivity contribution in [3.8, 4) is 0 Å². The number of carboxylic acids is 1. The van der Waals surface area contributed by atoms with Gasteiger partial charge in [-0.25, -0.2) is 0 Å². The molecule has 0 saturated carbocycles. The number of hydrogen-bond acceptors (Lipinski definition) is 2. The van der Waals surface area contributed by atoms with Crippen LogP contribution in [0.25, 0.3) is 0 Å². The smallest absolute Gasteiger partial charge is 0.312 e. The highest BCUT2D eigenvalue weighted by Gasteiger charge is 2.20. The van der Waals surface area contributed by atoms with Crippen molar-refractivity contribution in [1.29, 1.82) is 0 Å². The Morgan fingerprint density at radius 1 is 1.40 bits per heavy atom. The molecule has 1 aromatic rings. The summed E-state index contributed by atoms with van der Waals surface area (Å²) in [4.78, 5) is 11.0. The van der Waals surface area contributed by atoms with E-state index < -0.39 is 11.9 Å². The second kappa shape index (κ2) is 4.45. The molecule has 3 nitrogen and oxygen atoms in total. The predicted octanol–water partition coefficient (Wildman–Crippen LogP) is 1.74. The first-order chi connectivity index (χ1) is 6.97. The van der Waals surface area contributed by atoms with E-state index in [4.69, 9.17) is 10.8 Å². The molecule has 0 radical (unpaired) electrons. The molecule has 0 aliphatic rings. The Morgan fingerprint density at radius 2 is 2.00 bits per heavy atom. The van der Waals surface area contributed by atoms with Crippen molar-refractivity contribution in [1.82, 2.24) is 0 Å². The van der Waals surface area contributed by atoms with Crippen molar-refractivity contribution in [3.63, 3.8) is 0 Å². The van der Waals surface area contributed by atoms with Gasteiger partial charge < -0.3 is 10.8 Å². The average molecular weight is 207 g/mol. The number of rotatable bonds is 3. The Kier molecular flexibility index (Phi) is 3.48. The van der Waals surface area contributed by atoms with Gasteiger partial charge in [0, 0.05) is 6.54 Å². The topological polar surface area (TPSA) is 63.3 Å². The average Bonchev–Trinajstić information content (AvgIpc) is 2.13. The summed E-state index contributed by atoms with van der Waals surface area (Å²) < 4.78 is 0. The zero-order chi connectivity index (χ0) is 11.6. The van der Waals surface area contributed by atoms with Crippen LogP contribution in [0.15, 0.2) is 12.1 Å². The summed E-state index contributed by atoms with van der Waals surface area (Å²) in [5, 5.41) is 9.05. The minimum atomic E-state index is -0.856. The fourth-order valence-corrected chi connectivity index (χ4v) is 1.80. The van der Waals surface area contributed by atoms with Crippen LogP contribution in [0.1, 0.15) is 28.2 Å². The lowest BCUT2D eigenvalue weighted by atomic mass is 9.90. The lowest BCUT2D eigenvalue weighted by Gasteiger charge is -2.16. The SMILES string of the molecule is Cc1cc(C)c(C)c(C(CN)C(=O)O)c1. The maximum absolute atomic E-state index is 11.0. The minimum Gasteiger partial charge on any atom is -0.481 e. The van der Waals surface area contributed by atoms with Gasteiger partial charge in [0.25, 0.3) is 0 Å². The number of benzene rings is 1. The van der Waals surface area contributed by atoms with Crippen molar-refractivity contribution in [2.75, 3.05) is 6.54 Å². The Morgan fingerprint density at radius 3 is 2.47 bits per heavy atom. The molecular formula is C12H17NO2. The molecule has 1 rings (SSSR count). The van der Waals surface area contributed by atoms with Gasteiger partial charge in [0.2, 0.25) is 0 Å². The number of carboxylic acid groups (broad SMARTS) is 1. The molecule has 82 valence electrons. The van der Waals surface area contributed by atoms with Crippen molar-refractivity contribution in [3.05, 3.63) is 34.4 Å². The lowest BCUT2D eigenvalue weighted by molar-refractivity contribution is -0.138. The van der Waals surface area contributed by atoms with Gasteiger partial charge in [-0.15, -0.1) is 0 Å². The Hall–Kier alpha value is -1.35. The molecule has 1 unspecified atom stereocenters. The molecule has 0 saturated heterocycles. The Bertz CT molecular complexity index is 385. The first-order valence-electron chi connectivity index (χ1n) is 4.98. The summed E-state index contributed by atoms with van der Waals surface area (Å²) in [5.74, 6) is -1.45. The maximum Gasteiger partial charge on any atom is 0.312 e. The van der Waals surface area contributed by atoms with Crippen LogP contribution in [0.3, 0.4) is 0 Å². The van der Waals surface area contributed by atoms with Crippen LogP contribution < -0.4 is 5.73 Å². The third-order valence-corrected chi connectivity index (χ3v) is 2.76. The molecule has 3 heteroatoms. The van der Waals surface area contributed by atoms with Crippen LogP contribution in [-0.2, 0) is 4.79 Å². The number of carbonyl (C=O) groups is 1. The number of nitrogens with two attached hydrogens (primary N) is 1. The second-order valence-corrected chi connectivity index (χ2v) is 3.92. The van der Waals surface area contributed by atoms with Crippen molar-refractivity contribution in [2.24, 2.45) is 5.73 Å². The summed E-state index contributed by atoms with van der Waals surface area (Å²) in [6.07, 6.45) is 0. The van der Waals surface area contributed by atoms with Gasteiger partial charge in [-0.3, -0.25) is 4.79 Å². The van der Waals surface area contributed by atoms with Crippen molar-refractivity contribution < 1.29 is 9.90 Å². The van der Waals surface area contributed by atoms with Crippen molar-refractivity contribution in [2.45, 2.75) is 26.7 Å². The van der Waals surface area contributed by atoms with Crippen LogP contribution in [0.5, 0.6) is 0 Å². The van der Waals surface area contributed by atoms with Gasteiger partial charge in [0.15, 0.2) is 0 Å². The third kappa shape index (κ3) is 2.36. The predicted molar refractivity (Wildman–Crippen MR) is 60.1 cm³/mol. The van der Waals surface area contributed by atoms with E-state index in [1.54, 1.807) is 0 Å². The van der Waals surface area contributed by atoms with E-state index in [9.17, 15) is 4.79 Å². The lowest BCUT2D eigenvalue weighted by Crippen LogP contribution is -2.22. The highest BCUT2D eigenvalue weighted by atomic mass is 16.4. The molecule has 15 heavy (non-hydrogen) atoms. The highest BCUT2D eigenvalue weighted by Crippen LogP contribution is 2.23. The van der Waals surface area contributed by atoms with Crippen LogP contribution in [0.4, 0.5) is 0 Å². The monoisotopic (exact) mass is 207 g/mol. The Labute approximate surface area is 89.9 Å². The summed E-state index contributed by atoms with van der Waals surface area (Å²) in [6.45, 7) is 6.03. The van der Waals surface area contributed by atoms with Crippen LogP contribution >= 0.6 is 0 Å².